The molecule has 0 aliphatic carbocycles. The van der Waals surface area contributed by atoms with Crippen molar-refractivity contribution >= 4 is 61.1 Å². The zero-order valence-corrected chi connectivity index (χ0v) is 24.9. The van der Waals surface area contributed by atoms with Crippen LogP contribution in [0.4, 0.5) is 9.93 Å². The molecule has 1 aliphatic heterocycles. The van der Waals surface area contributed by atoms with Crippen LogP contribution in [-0.2, 0) is 14.8 Å². The molecule has 1 fully saturated rings. The number of amides is 2. The van der Waals surface area contributed by atoms with Gasteiger partial charge in [-0.05, 0) is 69.9 Å². The van der Waals surface area contributed by atoms with Gasteiger partial charge in [-0.2, -0.15) is 4.31 Å². The minimum atomic E-state index is -3.77. The van der Waals surface area contributed by atoms with Crippen LogP contribution in [0.3, 0.4) is 0 Å². The monoisotopic (exact) mass is 595 g/mol. The van der Waals surface area contributed by atoms with Crippen LogP contribution in [0, 0.1) is 6.92 Å². The van der Waals surface area contributed by atoms with E-state index in [1.807, 2.05) is 38.1 Å². The number of carbonyl (C=O) groups is 2. The number of fused-ring (bicyclic) bond motifs is 1. The Balaban J connectivity index is 0.00000420. The molecule has 0 spiro atoms. The van der Waals surface area contributed by atoms with Crippen LogP contribution in [0.15, 0.2) is 47.4 Å². The fraction of sp³-hybridized carbons (Fsp3) is 0.423. The van der Waals surface area contributed by atoms with Crippen LogP contribution in [0.1, 0.15) is 22.8 Å². The minimum absolute atomic E-state index is 0. The van der Waals surface area contributed by atoms with Gasteiger partial charge in [-0.1, -0.05) is 17.4 Å². The van der Waals surface area contributed by atoms with Gasteiger partial charge in [0.15, 0.2) is 5.13 Å². The Kier molecular flexibility index (Phi) is 10.3. The third kappa shape index (κ3) is 7.06. The van der Waals surface area contributed by atoms with E-state index in [4.69, 9.17) is 9.72 Å². The summed E-state index contributed by atoms with van der Waals surface area (Å²) in [5.41, 5.74) is 2.34. The molecule has 0 atom stereocenters. The summed E-state index contributed by atoms with van der Waals surface area (Å²) in [5, 5.41) is 0.605. The molecule has 13 heteroatoms. The number of nitrogens with zero attached hydrogens (tertiary/aromatic N) is 5. The first kappa shape index (κ1) is 30.8. The number of thiazole rings is 1. The number of aryl methyl sites for hydroxylation is 1. The standard InChI is InChI=1S/C26H33N5O5S2.ClH/c1-5-36-26(33)29-13-15-30(16-14-29)38(34,35)21-9-7-20(8-10-21)24(32)31(17-12-28(3)4)25-27-22-11-6-19(2)18-23(22)37-25;/h6-11,18H,5,12-17H2,1-4H3;1H. The molecule has 0 bridgehead atoms. The van der Waals surface area contributed by atoms with Crippen molar-refractivity contribution in [2.45, 2.75) is 18.7 Å². The lowest BCUT2D eigenvalue weighted by atomic mass is 10.2. The first-order valence-corrected chi connectivity index (χ1v) is 14.7. The SMILES string of the molecule is CCOC(=O)N1CCN(S(=O)(=O)c2ccc(C(=O)N(CCN(C)C)c3nc4ccc(C)cc4s3)cc2)CC1.Cl. The summed E-state index contributed by atoms with van der Waals surface area (Å²) in [6.07, 6.45) is -0.436. The summed E-state index contributed by atoms with van der Waals surface area (Å²) in [7, 11) is 0.114. The van der Waals surface area contributed by atoms with Gasteiger partial charge in [0.1, 0.15) is 0 Å². The summed E-state index contributed by atoms with van der Waals surface area (Å²) in [5.74, 6) is -0.241. The highest BCUT2D eigenvalue weighted by Gasteiger charge is 2.31. The highest BCUT2D eigenvalue weighted by Crippen LogP contribution is 2.30. The molecule has 212 valence electrons. The van der Waals surface area contributed by atoms with E-state index in [2.05, 4.69) is 6.07 Å². The molecule has 1 saturated heterocycles. The molecule has 2 aromatic carbocycles. The van der Waals surface area contributed by atoms with Gasteiger partial charge in [0, 0.05) is 44.8 Å². The summed E-state index contributed by atoms with van der Waals surface area (Å²) in [6.45, 7) is 5.98. The van der Waals surface area contributed by atoms with E-state index in [0.717, 1.165) is 15.8 Å². The molecule has 10 nitrogen and oxygen atoms in total. The van der Waals surface area contributed by atoms with E-state index in [-0.39, 0.29) is 56.0 Å². The quantitative estimate of drug-likeness (QED) is 0.391. The Morgan fingerprint density at radius 3 is 2.31 bits per heavy atom. The van der Waals surface area contributed by atoms with E-state index in [1.165, 1.54) is 32.7 Å². The van der Waals surface area contributed by atoms with Crippen molar-refractivity contribution in [2.75, 3.05) is 64.9 Å². The van der Waals surface area contributed by atoms with Crippen molar-refractivity contribution in [3.05, 3.63) is 53.6 Å². The van der Waals surface area contributed by atoms with Crippen molar-refractivity contribution < 1.29 is 22.7 Å². The minimum Gasteiger partial charge on any atom is -0.450 e. The molecule has 39 heavy (non-hydrogen) atoms. The Morgan fingerprint density at radius 2 is 1.69 bits per heavy atom. The molecule has 0 N–H and O–H groups in total. The van der Waals surface area contributed by atoms with Gasteiger partial charge < -0.3 is 14.5 Å². The number of anilines is 1. The van der Waals surface area contributed by atoms with Gasteiger partial charge in [0.2, 0.25) is 10.0 Å². The number of sulfonamides is 1. The van der Waals surface area contributed by atoms with Crippen LogP contribution in [0.2, 0.25) is 0 Å². The molecule has 0 saturated carbocycles. The second-order valence-corrected chi connectivity index (χ2v) is 12.3. The molecule has 0 unspecified atom stereocenters. The van der Waals surface area contributed by atoms with E-state index < -0.39 is 16.1 Å². The van der Waals surface area contributed by atoms with Crippen LogP contribution in [-0.4, -0.2) is 99.5 Å². The summed E-state index contributed by atoms with van der Waals surface area (Å²) >= 11 is 1.46. The summed E-state index contributed by atoms with van der Waals surface area (Å²) in [6, 6.07) is 12.0. The topological polar surface area (TPSA) is 103 Å². The van der Waals surface area contributed by atoms with Crippen LogP contribution >= 0.6 is 23.7 Å². The molecule has 4 rings (SSSR count). The third-order valence-corrected chi connectivity index (χ3v) is 9.24. The molecule has 1 aromatic heterocycles. The van der Waals surface area contributed by atoms with Crippen LogP contribution < -0.4 is 4.90 Å². The number of hydrogen-bond acceptors (Lipinski definition) is 8. The molecular weight excluding hydrogens is 562 g/mol. The van der Waals surface area contributed by atoms with E-state index in [1.54, 1.807) is 24.0 Å². The predicted molar refractivity (Wildman–Crippen MR) is 156 cm³/mol. The van der Waals surface area contributed by atoms with E-state index >= 15 is 0 Å². The molecule has 2 amide bonds. The number of halogens is 1. The molecular formula is C26H34ClN5O5S2. The number of carbonyl (C=O) groups excluding carboxylic acids is 2. The van der Waals surface area contributed by atoms with Crippen LogP contribution in [0.5, 0.6) is 0 Å². The number of rotatable bonds is 8. The summed E-state index contributed by atoms with van der Waals surface area (Å²) in [4.78, 5) is 35.5. The van der Waals surface area contributed by atoms with Gasteiger partial charge in [0.25, 0.3) is 5.91 Å². The highest BCUT2D eigenvalue weighted by atomic mass is 35.5. The Labute approximate surface area is 239 Å². The van der Waals surface area contributed by atoms with Crippen molar-refractivity contribution in [2.24, 2.45) is 0 Å². The van der Waals surface area contributed by atoms with Crippen molar-refractivity contribution in [1.29, 1.82) is 0 Å². The van der Waals surface area contributed by atoms with E-state index in [9.17, 15) is 18.0 Å². The van der Waals surface area contributed by atoms with Crippen molar-refractivity contribution in [1.82, 2.24) is 19.1 Å². The van der Waals surface area contributed by atoms with Crippen molar-refractivity contribution in [3.8, 4) is 0 Å². The molecule has 3 aromatic rings. The number of ether oxygens (including phenoxy) is 1. The fourth-order valence-corrected chi connectivity index (χ4v) is 6.63. The first-order chi connectivity index (χ1) is 18.1. The first-order valence-electron chi connectivity index (χ1n) is 12.5. The number of likely N-dealkylation sites (N-methyl/N-ethyl adjacent to an activating group) is 1. The maximum Gasteiger partial charge on any atom is 0.409 e. The second kappa shape index (κ2) is 13.1. The van der Waals surface area contributed by atoms with Gasteiger partial charge in [0.05, 0.1) is 21.7 Å². The lowest BCUT2D eigenvalue weighted by Gasteiger charge is -2.33. The highest BCUT2D eigenvalue weighted by molar-refractivity contribution is 7.89. The Hall–Kier alpha value is -2.77. The zero-order chi connectivity index (χ0) is 27.4. The second-order valence-electron chi connectivity index (χ2n) is 9.34. The third-order valence-electron chi connectivity index (χ3n) is 6.28. The number of hydrogen-bond donors (Lipinski definition) is 0. The lowest BCUT2D eigenvalue weighted by Crippen LogP contribution is -2.50. The van der Waals surface area contributed by atoms with Gasteiger partial charge in [-0.3, -0.25) is 9.69 Å². The molecule has 0 radical (unpaired) electrons. The Morgan fingerprint density at radius 1 is 1.03 bits per heavy atom. The average Bonchev–Trinajstić information content (AvgIpc) is 3.31. The van der Waals surface area contributed by atoms with Gasteiger partial charge in [-0.25, -0.2) is 18.2 Å². The van der Waals surface area contributed by atoms with E-state index in [0.29, 0.717) is 23.8 Å². The average molecular weight is 596 g/mol. The molecule has 1 aliphatic rings. The maximum atomic E-state index is 13.6. The number of piperazine rings is 1. The van der Waals surface area contributed by atoms with Crippen LogP contribution in [0.25, 0.3) is 10.2 Å². The zero-order valence-electron chi connectivity index (χ0n) is 22.5. The van der Waals surface area contributed by atoms with Crippen molar-refractivity contribution in [3.63, 3.8) is 0 Å². The fourth-order valence-electron chi connectivity index (χ4n) is 4.12. The summed E-state index contributed by atoms with van der Waals surface area (Å²) < 4.78 is 33.8. The predicted octanol–water partition coefficient (Wildman–Crippen LogP) is 3.70. The van der Waals surface area contributed by atoms with Gasteiger partial charge in [-0.15, -0.1) is 12.4 Å². The van der Waals surface area contributed by atoms with Gasteiger partial charge >= 0.3 is 6.09 Å². The number of aromatic nitrogens is 1. The largest absolute Gasteiger partial charge is 0.450 e. The maximum absolute atomic E-state index is 13.6. The number of benzene rings is 2. The molecule has 2 heterocycles. The lowest BCUT2D eigenvalue weighted by molar-refractivity contribution is 0.0933. The normalized spacial score (nSPS) is 14.3. The smallest absolute Gasteiger partial charge is 0.409 e. The Bertz CT molecular complexity index is 1400.